The second kappa shape index (κ2) is 7.01. The number of ether oxygens (including phenoxy) is 2. The number of cyclic esters (lactones) is 1. The maximum absolute atomic E-state index is 12.5. The number of fused-ring (bicyclic) bond motifs is 2. The van der Waals surface area contributed by atoms with E-state index in [1.807, 2.05) is 54.6 Å². The summed E-state index contributed by atoms with van der Waals surface area (Å²) in [5.74, 6) is 0.711. The number of nitrogens with one attached hydrogen (secondary N) is 2. The second-order valence-electron chi connectivity index (χ2n) is 6.98. The van der Waals surface area contributed by atoms with Crippen molar-refractivity contribution in [3.05, 3.63) is 65.0 Å². The van der Waals surface area contributed by atoms with Gasteiger partial charge in [-0.05, 0) is 41.8 Å². The van der Waals surface area contributed by atoms with E-state index in [4.69, 9.17) is 9.47 Å². The average Bonchev–Trinajstić information content (AvgIpc) is 3.33. The summed E-state index contributed by atoms with van der Waals surface area (Å²) in [5, 5.41) is 1.93. The highest BCUT2D eigenvalue weighted by Crippen LogP contribution is 2.27. The predicted octanol–water partition coefficient (Wildman–Crippen LogP) is 3.51. The summed E-state index contributed by atoms with van der Waals surface area (Å²) in [6.07, 6.45) is -0.292. The zero-order valence-electron chi connectivity index (χ0n) is 15.6. The number of rotatable bonds is 5. The van der Waals surface area contributed by atoms with E-state index >= 15 is 0 Å². The lowest BCUT2D eigenvalue weighted by Gasteiger charge is -2.13. The minimum Gasteiger partial charge on any atom is -0.492 e. The van der Waals surface area contributed by atoms with Crippen LogP contribution in [0.4, 0.5) is 4.79 Å². The summed E-state index contributed by atoms with van der Waals surface area (Å²) in [5.41, 5.74) is 2.95. The van der Waals surface area contributed by atoms with Gasteiger partial charge in [0.2, 0.25) is 0 Å². The van der Waals surface area contributed by atoms with Crippen LogP contribution in [0.2, 0.25) is 0 Å². The number of para-hydroxylation sites is 1. The molecule has 1 saturated heterocycles. The van der Waals surface area contributed by atoms with Crippen molar-refractivity contribution in [3.63, 3.8) is 0 Å². The third-order valence-corrected chi connectivity index (χ3v) is 5.11. The summed E-state index contributed by atoms with van der Waals surface area (Å²) >= 11 is 0. The Labute approximate surface area is 165 Å². The summed E-state index contributed by atoms with van der Waals surface area (Å²) in [4.78, 5) is 31.8. The fraction of sp³-hybridized carbons (Fsp3) is 0.182. The maximum Gasteiger partial charge on any atom is 0.410 e. The van der Waals surface area contributed by atoms with Crippen LogP contribution in [-0.4, -0.2) is 47.3 Å². The first-order chi connectivity index (χ1) is 14.2. The van der Waals surface area contributed by atoms with E-state index in [2.05, 4.69) is 9.97 Å². The molecule has 146 valence electrons. The van der Waals surface area contributed by atoms with Gasteiger partial charge in [-0.25, -0.2) is 4.79 Å². The summed E-state index contributed by atoms with van der Waals surface area (Å²) in [6, 6.07) is 17.3. The first-order valence-electron chi connectivity index (χ1n) is 9.47. The Morgan fingerprint density at radius 1 is 0.966 bits per heavy atom. The molecule has 4 aromatic rings. The van der Waals surface area contributed by atoms with E-state index in [1.54, 1.807) is 4.90 Å². The van der Waals surface area contributed by atoms with Crippen molar-refractivity contribution in [3.8, 4) is 17.0 Å². The number of hydrogen-bond acceptors (Lipinski definition) is 4. The minimum absolute atomic E-state index is 0.135. The Morgan fingerprint density at radius 3 is 2.69 bits per heavy atom. The van der Waals surface area contributed by atoms with Crippen LogP contribution in [0, 0.1) is 0 Å². The first-order valence-corrected chi connectivity index (χ1v) is 9.47. The maximum atomic E-state index is 12.5. The highest BCUT2D eigenvalue weighted by atomic mass is 16.6. The molecule has 2 N–H and O–H groups in total. The van der Waals surface area contributed by atoms with E-state index in [1.165, 1.54) is 0 Å². The molecule has 1 amide bonds. The van der Waals surface area contributed by atoms with Crippen molar-refractivity contribution >= 4 is 27.9 Å². The molecular weight excluding hydrogens is 370 g/mol. The number of H-pyrrole nitrogens is 2. The number of carbonyl (C=O) groups is 1. The molecule has 7 heteroatoms. The third-order valence-electron chi connectivity index (χ3n) is 5.11. The first kappa shape index (κ1) is 17.4. The average molecular weight is 389 g/mol. The summed E-state index contributed by atoms with van der Waals surface area (Å²) in [7, 11) is 0. The van der Waals surface area contributed by atoms with Crippen LogP contribution in [0.3, 0.4) is 0 Å². The largest absolute Gasteiger partial charge is 0.492 e. The smallest absolute Gasteiger partial charge is 0.410 e. The fourth-order valence-electron chi connectivity index (χ4n) is 3.60. The monoisotopic (exact) mass is 389 g/mol. The predicted molar refractivity (Wildman–Crippen MR) is 110 cm³/mol. The van der Waals surface area contributed by atoms with Crippen molar-refractivity contribution in [2.45, 2.75) is 0 Å². The van der Waals surface area contributed by atoms with E-state index in [-0.39, 0.29) is 11.7 Å². The number of carbonyl (C=O) groups excluding carboxylic acids is 1. The Hall–Kier alpha value is -3.74. The quantitative estimate of drug-likeness (QED) is 0.547. The molecule has 7 nitrogen and oxygen atoms in total. The lowest BCUT2D eigenvalue weighted by atomic mass is 10.1. The number of amides is 1. The van der Waals surface area contributed by atoms with Gasteiger partial charge in [0.05, 0.1) is 24.3 Å². The molecule has 0 aliphatic carbocycles. The van der Waals surface area contributed by atoms with Crippen LogP contribution >= 0.6 is 0 Å². The van der Waals surface area contributed by atoms with Gasteiger partial charge in [-0.1, -0.05) is 18.2 Å². The molecule has 3 heterocycles. The van der Waals surface area contributed by atoms with Gasteiger partial charge in [0.1, 0.15) is 19.0 Å². The van der Waals surface area contributed by atoms with Crippen molar-refractivity contribution in [1.29, 1.82) is 0 Å². The Bertz CT molecular complexity index is 1270. The Morgan fingerprint density at radius 2 is 1.83 bits per heavy atom. The summed E-state index contributed by atoms with van der Waals surface area (Å²) < 4.78 is 10.7. The van der Waals surface area contributed by atoms with Crippen molar-refractivity contribution in [1.82, 2.24) is 14.9 Å². The molecule has 0 radical (unpaired) electrons. The molecule has 0 bridgehead atoms. The van der Waals surface area contributed by atoms with Gasteiger partial charge in [0.15, 0.2) is 0 Å². The standard InChI is InChI=1S/C22H19N3O4/c26-21-17(12-14-3-1-2-4-18(14)24-21)20-13-15-11-16(5-6-19(15)23-20)28-9-7-25-8-10-29-22(25)27/h1-6,11-13,23H,7-10H2,(H,24,26). The van der Waals surface area contributed by atoms with Crippen molar-refractivity contribution < 1.29 is 14.3 Å². The fourth-order valence-corrected chi connectivity index (χ4v) is 3.60. The molecule has 5 rings (SSSR count). The Balaban J connectivity index is 1.39. The minimum atomic E-state index is -0.292. The zero-order valence-corrected chi connectivity index (χ0v) is 15.6. The topological polar surface area (TPSA) is 87.4 Å². The van der Waals surface area contributed by atoms with Gasteiger partial charge < -0.3 is 24.3 Å². The third kappa shape index (κ3) is 3.31. The molecule has 1 aliphatic heterocycles. The lowest BCUT2D eigenvalue weighted by molar-refractivity contribution is 0.153. The number of nitrogens with zero attached hydrogens (tertiary/aromatic N) is 1. The van der Waals surface area contributed by atoms with Gasteiger partial charge in [-0.15, -0.1) is 0 Å². The number of pyridine rings is 1. The van der Waals surface area contributed by atoms with Crippen LogP contribution in [0.15, 0.2) is 59.4 Å². The SMILES string of the molecule is O=C1OCCN1CCOc1ccc2[nH]c(-c3cc4ccccc4[nH]c3=O)cc2c1. The normalized spacial score (nSPS) is 13.9. The van der Waals surface area contributed by atoms with Crippen LogP contribution in [0.25, 0.3) is 33.1 Å². The van der Waals surface area contributed by atoms with Crippen LogP contribution < -0.4 is 10.3 Å². The molecule has 0 unspecified atom stereocenters. The molecule has 1 aliphatic rings. The molecule has 2 aromatic carbocycles. The van der Waals surface area contributed by atoms with Gasteiger partial charge in [-0.2, -0.15) is 0 Å². The number of aromatic amines is 2. The highest BCUT2D eigenvalue weighted by Gasteiger charge is 2.21. The van der Waals surface area contributed by atoms with Crippen LogP contribution in [-0.2, 0) is 4.74 Å². The van der Waals surface area contributed by atoms with Gasteiger partial charge in [-0.3, -0.25) is 4.79 Å². The lowest BCUT2D eigenvalue weighted by Crippen LogP contribution is -2.29. The van der Waals surface area contributed by atoms with Gasteiger partial charge in [0.25, 0.3) is 5.56 Å². The van der Waals surface area contributed by atoms with E-state index in [0.29, 0.717) is 37.6 Å². The van der Waals surface area contributed by atoms with Crippen LogP contribution in [0.1, 0.15) is 0 Å². The molecule has 0 atom stereocenters. The second-order valence-corrected chi connectivity index (χ2v) is 6.98. The Kier molecular flexibility index (Phi) is 4.20. The number of hydrogen-bond donors (Lipinski definition) is 2. The van der Waals surface area contributed by atoms with Crippen LogP contribution in [0.5, 0.6) is 5.75 Å². The van der Waals surface area contributed by atoms with Crippen molar-refractivity contribution in [2.24, 2.45) is 0 Å². The highest BCUT2D eigenvalue weighted by molar-refractivity contribution is 5.89. The molecular formula is C22H19N3O4. The van der Waals surface area contributed by atoms with E-state index in [9.17, 15) is 9.59 Å². The molecule has 0 saturated carbocycles. The molecule has 29 heavy (non-hydrogen) atoms. The number of aromatic nitrogens is 2. The number of benzene rings is 2. The molecule has 2 aromatic heterocycles. The summed E-state index contributed by atoms with van der Waals surface area (Å²) in [6.45, 7) is 1.91. The van der Waals surface area contributed by atoms with E-state index < -0.39 is 0 Å². The molecule has 1 fully saturated rings. The zero-order chi connectivity index (χ0) is 19.8. The van der Waals surface area contributed by atoms with Crippen molar-refractivity contribution in [2.75, 3.05) is 26.3 Å². The van der Waals surface area contributed by atoms with Gasteiger partial charge in [0, 0.05) is 16.4 Å². The van der Waals surface area contributed by atoms with Gasteiger partial charge >= 0.3 is 6.09 Å². The van der Waals surface area contributed by atoms with E-state index in [0.717, 1.165) is 27.5 Å². The molecule has 0 spiro atoms.